The molecule has 8 nitrogen and oxygen atoms in total. The monoisotopic (exact) mass is 693 g/mol. The number of unbranched alkanes of at least 4 members (excludes halogenated alkanes) is 3. The van der Waals surface area contributed by atoms with Crippen LogP contribution in [0, 0.1) is 0 Å². The van der Waals surface area contributed by atoms with E-state index in [4.69, 9.17) is 23.7 Å². The molecule has 0 saturated heterocycles. The Kier molecular flexibility index (Phi) is 13.4. The molecule has 1 aliphatic rings. The Bertz CT molecular complexity index is 1720. The first kappa shape index (κ1) is 36.9. The Morgan fingerprint density at radius 3 is 1.76 bits per heavy atom. The van der Waals surface area contributed by atoms with Gasteiger partial charge in [-0.1, -0.05) is 122 Å². The zero-order chi connectivity index (χ0) is 35.3. The molecule has 8 heteroatoms. The summed E-state index contributed by atoms with van der Waals surface area (Å²) in [6.07, 6.45) is 0.949. The minimum Gasteiger partial charge on any atom is -0.396 e. The number of hydrogen-bond donors (Lipinski definition) is 3. The summed E-state index contributed by atoms with van der Waals surface area (Å²) in [6.45, 7) is 3.66. The maximum absolute atomic E-state index is 12.9. The summed E-state index contributed by atoms with van der Waals surface area (Å²) in [5.74, 6) is 0. The van der Waals surface area contributed by atoms with Gasteiger partial charge in [0.1, 0.15) is 30.5 Å². The van der Waals surface area contributed by atoms with Gasteiger partial charge in [0.2, 0.25) is 0 Å². The Hall–Kier alpha value is -3.86. The first-order chi connectivity index (χ1) is 25.2. The number of rotatable bonds is 19. The van der Waals surface area contributed by atoms with Crippen LogP contribution in [0.15, 0.2) is 121 Å². The lowest BCUT2D eigenvalue weighted by Gasteiger charge is -2.55. The molecule has 4 aromatic carbocycles. The normalized spacial score (nSPS) is 23.5. The SMILES string of the molecule is CCOC1(c2c[nH]c3ccccc23)C(O)C(OCCCCCCO)C(OCc2ccccc2)C(OCc2ccccc2)C1OCc1ccccc1. The van der Waals surface area contributed by atoms with Gasteiger partial charge < -0.3 is 38.9 Å². The zero-order valence-corrected chi connectivity index (χ0v) is 29.4. The smallest absolute Gasteiger partial charge is 0.152 e. The minimum atomic E-state index is -1.40. The quantitative estimate of drug-likeness (QED) is 0.0772. The van der Waals surface area contributed by atoms with E-state index >= 15 is 0 Å². The number of ether oxygens (including phenoxy) is 5. The van der Waals surface area contributed by atoms with E-state index in [1.54, 1.807) is 0 Å². The lowest BCUT2D eigenvalue weighted by molar-refractivity contribution is -0.321. The molecule has 1 fully saturated rings. The Labute approximate surface area is 301 Å². The molecule has 0 amide bonds. The number of aromatic amines is 1. The molecule has 0 bridgehead atoms. The summed E-state index contributed by atoms with van der Waals surface area (Å²) in [5.41, 5.74) is 3.28. The molecule has 51 heavy (non-hydrogen) atoms. The van der Waals surface area contributed by atoms with E-state index in [1.165, 1.54) is 0 Å². The molecule has 1 heterocycles. The van der Waals surface area contributed by atoms with Crippen molar-refractivity contribution < 1.29 is 33.9 Å². The molecule has 0 spiro atoms. The van der Waals surface area contributed by atoms with E-state index in [2.05, 4.69) is 4.98 Å². The summed E-state index contributed by atoms with van der Waals surface area (Å²) < 4.78 is 34.4. The van der Waals surface area contributed by atoms with E-state index in [-0.39, 0.29) is 13.2 Å². The maximum Gasteiger partial charge on any atom is 0.152 e. The van der Waals surface area contributed by atoms with Crippen LogP contribution in [0.5, 0.6) is 0 Å². The Balaban J connectivity index is 1.47. The molecular weight excluding hydrogens is 642 g/mol. The molecule has 0 radical (unpaired) electrons. The van der Waals surface area contributed by atoms with Gasteiger partial charge in [0.05, 0.1) is 19.8 Å². The van der Waals surface area contributed by atoms with Crippen molar-refractivity contribution >= 4 is 10.9 Å². The Morgan fingerprint density at radius 1 is 0.608 bits per heavy atom. The van der Waals surface area contributed by atoms with Crippen LogP contribution in [0.25, 0.3) is 10.9 Å². The highest BCUT2D eigenvalue weighted by Crippen LogP contribution is 2.48. The average molecular weight is 694 g/mol. The van der Waals surface area contributed by atoms with Gasteiger partial charge in [0, 0.05) is 42.5 Å². The van der Waals surface area contributed by atoms with Gasteiger partial charge in [-0.05, 0) is 42.5 Å². The fraction of sp³-hybridized carbons (Fsp3) is 0.395. The topological polar surface area (TPSA) is 102 Å². The van der Waals surface area contributed by atoms with Crippen LogP contribution in [-0.4, -0.2) is 65.5 Å². The number of hydrogen-bond acceptors (Lipinski definition) is 7. The third kappa shape index (κ3) is 8.79. The summed E-state index contributed by atoms with van der Waals surface area (Å²) in [7, 11) is 0. The van der Waals surface area contributed by atoms with Gasteiger partial charge in [0.15, 0.2) is 5.60 Å². The number of aromatic nitrogens is 1. The maximum atomic E-state index is 12.9. The van der Waals surface area contributed by atoms with Gasteiger partial charge in [0.25, 0.3) is 0 Å². The second-order valence-electron chi connectivity index (χ2n) is 13.1. The highest BCUT2D eigenvalue weighted by Gasteiger charge is 2.64. The highest BCUT2D eigenvalue weighted by molar-refractivity contribution is 5.84. The molecule has 6 unspecified atom stereocenters. The van der Waals surface area contributed by atoms with E-state index in [0.717, 1.165) is 58.8 Å². The van der Waals surface area contributed by atoms with Crippen LogP contribution in [0.2, 0.25) is 0 Å². The van der Waals surface area contributed by atoms with Crippen molar-refractivity contribution in [3.05, 3.63) is 144 Å². The molecule has 1 aromatic heterocycles. The summed E-state index contributed by atoms with van der Waals surface area (Å²) in [4.78, 5) is 3.42. The number of para-hydroxylation sites is 1. The fourth-order valence-electron chi connectivity index (χ4n) is 7.24. The third-order valence-corrected chi connectivity index (χ3v) is 9.72. The van der Waals surface area contributed by atoms with Crippen LogP contribution in [0.4, 0.5) is 0 Å². The largest absolute Gasteiger partial charge is 0.396 e. The van der Waals surface area contributed by atoms with Gasteiger partial charge in [-0.2, -0.15) is 0 Å². The molecule has 0 aliphatic heterocycles. The van der Waals surface area contributed by atoms with E-state index in [1.807, 2.05) is 128 Å². The predicted molar refractivity (Wildman–Crippen MR) is 198 cm³/mol. The minimum absolute atomic E-state index is 0.171. The first-order valence-corrected chi connectivity index (χ1v) is 18.2. The second kappa shape index (κ2) is 18.6. The Morgan fingerprint density at radius 2 is 1.16 bits per heavy atom. The van der Waals surface area contributed by atoms with E-state index < -0.39 is 36.1 Å². The molecule has 6 rings (SSSR count). The lowest BCUT2D eigenvalue weighted by Crippen LogP contribution is -2.71. The van der Waals surface area contributed by atoms with Crippen molar-refractivity contribution in [2.45, 2.75) is 88.5 Å². The molecule has 5 aromatic rings. The summed E-state index contributed by atoms with van der Waals surface area (Å²) >= 11 is 0. The summed E-state index contributed by atoms with van der Waals surface area (Å²) in [5, 5.41) is 23.1. The van der Waals surface area contributed by atoms with E-state index in [0.29, 0.717) is 26.4 Å². The van der Waals surface area contributed by atoms with Crippen molar-refractivity contribution in [2.75, 3.05) is 19.8 Å². The van der Waals surface area contributed by atoms with Crippen LogP contribution in [0.1, 0.15) is 54.9 Å². The average Bonchev–Trinajstić information content (AvgIpc) is 3.62. The number of fused-ring (bicyclic) bond motifs is 1. The van der Waals surface area contributed by atoms with Crippen molar-refractivity contribution in [1.82, 2.24) is 4.98 Å². The van der Waals surface area contributed by atoms with Gasteiger partial charge in [-0.3, -0.25) is 0 Å². The van der Waals surface area contributed by atoms with Crippen molar-refractivity contribution in [1.29, 1.82) is 0 Å². The van der Waals surface area contributed by atoms with Crippen LogP contribution in [-0.2, 0) is 49.1 Å². The number of aliphatic hydroxyl groups excluding tert-OH is 2. The van der Waals surface area contributed by atoms with Crippen molar-refractivity contribution in [2.24, 2.45) is 0 Å². The zero-order valence-electron chi connectivity index (χ0n) is 29.4. The number of benzene rings is 4. The van der Waals surface area contributed by atoms with Crippen LogP contribution in [0.3, 0.4) is 0 Å². The molecule has 3 N–H and O–H groups in total. The molecular formula is C43H51NO7. The number of H-pyrrole nitrogens is 1. The standard InChI is InChI=1S/C43H51NO7/c1-2-51-43(36-28-44-37-25-15-14-24-35(36)37)41(46)39(47-27-17-4-3-16-26-45)38(48-29-32-18-8-5-9-19-32)40(49-30-33-20-10-6-11-21-33)42(43)50-31-34-22-12-7-13-23-34/h5-15,18-25,28,38-42,44-46H,2-4,16-17,26-27,29-31H2,1H3. The van der Waals surface area contributed by atoms with Crippen LogP contribution >= 0.6 is 0 Å². The molecule has 1 aliphatic carbocycles. The number of nitrogens with one attached hydrogen (secondary N) is 1. The van der Waals surface area contributed by atoms with E-state index in [9.17, 15) is 10.2 Å². The van der Waals surface area contributed by atoms with Gasteiger partial charge in [-0.15, -0.1) is 0 Å². The van der Waals surface area contributed by atoms with Crippen LogP contribution < -0.4 is 0 Å². The third-order valence-electron chi connectivity index (χ3n) is 9.72. The first-order valence-electron chi connectivity index (χ1n) is 18.2. The summed E-state index contributed by atoms with van der Waals surface area (Å²) in [6, 6.07) is 38.1. The second-order valence-corrected chi connectivity index (χ2v) is 13.1. The van der Waals surface area contributed by atoms with Crippen molar-refractivity contribution in [3.63, 3.8) is 0 Å². The van der Waals surface area contributed by atoms with Gasteiger partial charge >= 0.3 is 0 Å². The fourth-order valence-corrected chi connectivity index (χ4v) is 7.24. The van der Waals surface area contributed by atoms with Crippen molar-refractivity contribution in [3.8, 4) is 0 Å². The lowest BCUT2D eigenvalue weighted by atomic mass is 9.70. The predicted octanol–water partition coefficient (Wildman–Crippen LogP) is 7.47. The number of aliphatic hydroxyl groups is 2. The molecule has 6 atom stereocenters. The highest BCUT2D eigenvalue weighted by atomic mass is 16.6. The van der Waals surface area contributed by atoms with Gasteiger partial charge in [-0.25, -0.2) is 0 Å². The molecule has 270 valence electrons. The molecule has 1 saturated carbocycles.